The van der Waals surface area contributed by atoms with Crippen molar-refractivity contribution in [2.24, 2.45) is 7.05 Å². The number of rotatable bonds is 2. The number of nitrogens with zero attached hydrogens (tertiary/aromatic N) is 2. The molecule has 0 aliphatic carbocycles. The summed E-state index contributed by atoms with van der Waals surface area (Å²) < 4.78 is 6.99. The third-order valence-electron chi connectivity index (χ3n) is 2.76. The van der Waals surface area contributed by atoms with Gasteiger partial charge in [0.2, 0.25) is 5.95 Å². The maximum atomic E-state index is 6.07. The molecule has 1 aromatic heterocycles. The summed E-state index contributed by atoms with van der Waals surface area (Å²) >= 11 is 6.07. The maximum Gasteiger partial charge on any atom is 0.201 e. The second kappa shape index (κ2) is 4.30. The van der Waals surface area contributed by atoms with E-state index < -0.39 is 0 Å². The van der Waals surface area contributed by atoms with Crippen LogP contribution in [-0.2, 0) is 7.05 Å². The van der Waals surface area contributed by atoms with Crippen LogP contribution in [0.25, 0.3) is 11.3 Å². The number of hydrogen-bond acceptors (Lipinski definition) is 3. The van der Waals surface area contributed by atoms with Crippen molar-refractivity contribution >= 4 is 17.5 Å². The van der Waals surface area contributed by atoms with E-state index in [1.165, 1.54) is 0 Å². The number of nitrogen functional groups attached to an aromatic ring is 1. The molecular weight excluding hydrogens is 238 g/mol. The Morgan fingerprint density at radius 2 is 2.12 bits per heavy atom. The summed E-state index contributed by atoms with van der Waals surface area (Å²) in [5.74, 6) is 1.25. The number of imidazole rings is 1. The standard InChI is InChI=1S/C12H14ClN3O/c1-7-6-8(4-5-9(7)17-3)10-11(13)15-12(14)16(10)2/h4-6H,1-3H3,(H2,14,15). The van der Waals surface area contributed by atoms with E-state index in [1.54, 1.807) is 11.7 Å². The van der Waals surface area contributed by atoms with Gasteiger partial charge < -0.3 is 15.0 Å². The molecule has 17 heavy (non-hydrogen) atoms. The van der Waals surface area contributed by atoms with Crippen LogP contribution in [0.1, 0.15) is 5.56 Å². The molecule has 4 nitrogen and oxygen atoms in total. The molecule has 0 radical (unpaired) electrons. The van der Waals surface area contributed by atoms with Crippen LogP contribution in [-0.4, -0.2) is 16.7 Å². The molecule has 0 bridgehead atoms. The predicted molar refractivity (Wildman–Crippen MR) is 69.4 cm³/mol. The lowest BCUT2D eigenvalue weighted by Crippen LogP contribution is -1.98. The lowest BCUT2D eigenvalue weighted by molar-refractivity contribution is 0.412. The number of ether oxygens (including phenoxy) is 1. The number of hydrogen-bond donors (Lipinski definition) is 1. The van der Waals surface area contributed by atoms with Gasteiger partial charge in [-0.05, 0) is 30.7 Å². The molecule has 0 aliphatic heterocycles. The first-order valence-corrected chi connectivity index (χ1v) is 5.55. The minimum Gasteiger partial charge on any atom is -0.496 e. The molecule has 2 aromatic rings. The van der Waals surface area contributed by atoms with E-state index in [2.05, 4.69) is 4.98 Å². The fourth-order valence-electron chi connectivity index (χ4n) is 1.82. The summed E-state index contributed by atoms with van der Waals surface area (Å²) in [4.78, 5) is 4.03. The SMILES string of the molecule is COc1ccc(-c2c(Cl)nc(N)n2C)cc1C. The van der Waals surface area contributed by atoms with Crippen molar-refractivity contribution in [3.8, 4) is 17.0 Å². The highest BCUT2D eigenvalue weighted by Crippen LogP contribution is 2.31. The van der Waals surface area contributed by atoms with Crippen LogP contribution < -0.4 is 10.5 Å². The Morgan fingerprint density at radius 1 is 1.41 bits per heavy atom. The van der Waals surface area contributed by atoms with Gasteiger partial charge in [-0.15, -0.1) is 0 Å². The normalized spacial score (nSPS) is 10.6. The fraction of sp³-hybridized carbons (Fsp3) is 0.250. The summed E-state index contributed by atoms with van der Waals surface area (Å²) in [6, 6.07) is 5.85. The van der Waals surface area contributed by atoms with E-state index in [0.29, 0.717) is 11.1 Å². The highest BCUT2D eigenvalue weighted by molar-refractivity contribution is 6.32. The number of benzene rings is 1. The number of aromatic nitrogens is 2. The minimum atomic E-state index is 0.401. The molecule has 0 fully saturated rings. The van der Waals surface area contributed by atoms with E-state index >= 15 is 0 Å². The molecule has 0 atom stereocenters. The fourth-order valence-corrected chi connectivity index (χ4v) is 2.14. The van der Waals surface area contributed by atoms with Crippen LogP contribution in [0.5, 0.6) is 5.75 Å². The third-order valence-corrected chi connectivity index (χ3v) is 3.02. The average molecular weight is 252 g/mol. The van der Waals surface area contributed by atoms with Crippen molar-refractivity contribution in [1.29, 1.82) is 0 Å². The van der Waals surface area contributed by atoms with Gasteiger partial charge >= 0.3 is 0 Å². The first-order valence-electron chi connectivity index (χ1n) is 5.17. The van der Waals surface area contributed by atoms with Gasteiger partial charge in [0.15, 0.2) is 5.15 Å². The van der Waals surface area contributed by atoms with Gasteiger partial charge in [0.1, 0.15) is 5.75 Å². The second-order valence-corrected chi connectivity index (χ2v) is 4.21. The number of anilines is 1. The van der Waals surface area contributed by atoms with Gasteiger partial charge in [0, 0.05) is 12.6 Å². The molecule has 5 heteroatoms. The Bertz CT molecular complexity index is 563. The van der Waals surface area contributed by atoms with Crippen molar-refractivity contribution in [1.82, 2.24) is 9.55 Å². The number of methoxy groups -OCH3 is 1. The summed E-state index contributed by atoms with van der Waals surface area (Å²) in [5.41, 5.74) is 8.55. The molecular formula is C12H14ClN3O. The van der Waals surface area contributed by atoms with Gasteiger partial charge in [-0.3, -0.25) is 0 Å². The van der Waals surface area contributed by atoms with E-state index in [1.807, 2.05) is 32.2 Å². The van der Waals surface area contributed by atoms with Crippen molar-refractivity contribution < 1.29 is 4.74 Å². The van der Waals surface area contributed by atoms with Crippen molar-refractivity contribution in [3.05, 3.63) is 28.9 Å². The largest absolute Gasteiger partial charge is 0.496 e. The molecule has 0 amide bonds. The molecule has 0 saturated heterocycles. The second-order valence-electron chi connectivity index (χ2n) is 3.85. The predicted octanol–water partition coefficient (Wildman–Crippen LogP) is 2.64. The Balaban J connectivity index is 2.57. The van der Waals surface area contributed by atoms with Crippen molar-refractivity contribution in [2.75, 3.05) is 12.8 Å². The minimum absolute atomic E-state index is 0.401. The molecule has 0 aliphatic rings. The van der Waals surface area contributed by atoms with Gasteiger partial charge in [0.25, 0.3) is 0 Å². The zero-order valence-electron chi connectivity index (χ0n) is 9.99. The summed E-state index contributed by atoms with van der Waals surface area (Å²) in [7, 11) is 3.49. The molecule has 90 valence electrons. The van der Waals surface area contributed by atoms with E-state index in [4.69, 9.17) is 22.1 Å². The zero-order valence-corrected chi connectivity index (χ0v) is 10.7. The smallest absolute Gasteiger partial charge is 0.201 e. The summed E-state index contributed by atoms with van der Waals surface area (Å²) in [6.45, 7) is 1.98. The topological polar surface area (TPSA) is 53.1 Å². The Morgan fingerprint density at radius 3 is 2.59 bits per heavy atom. The quantitative estimate of drug-likeness (QED) is 0.893. The van der Waals surface area contributed by atoms with E-state index in [9.17, 15) is 0 Å². The monoisotopic (exact) mass is 251 g/mol. The van der Waals surface area contributed by atoms with Crippen LogP contribution in [0, 0.1) is 6.92 Å². The zero-order chi connectivity index (χ0) is 12.6. The molecule has 1 heterocycles. The van der Waals surface area contributed by atoms with Gasteiger partial charge in [-0.25, -0.2) is 4.98 Å². The maximum absolute atomic E-state index is 6.07. The van der Waals surface area contributed by atoms with Crippen LogP contribution in [0.3, 0.4) is 0 Å². The Labute approximate surface area is 105 Å². The Kier molecular flexibility index (Phi) is 2.98. The summed E-state index contributed by atoms with van der Waals surface area (Å²) in [6.07, 6.45) is 0. The summed E-state index contributed by atoms with van der Waals surface area (Å²) in [5, 5.41) is 0.412. The molecule has 0 saturated carbocycles. The lowest BCUT2D eigenvalue weighted by atomic mass is 10.1. The lowest BCUT2D eigenvalue weighted by Gasteiger charge is -2.08. The molecule has 1 aromatic carbocycles. The van der Waals surface area contributed by atoms with Gasteiger partial charge in [-0.1, -0.05) is 11.6 Å². The Hall–Kier alpha value is -1.68. The first-order chi connectivity index (χ1) is 8.04. The number of halogens is 1. The first kappa shape index (κ1) is 11.8. The van der Waals surface area contributed by atoms with E-state index in [-0.39, 0.29) is 0 Å². The average Bonchev–Trinajstić information content (AvgIpc) is 2.53. The van der Waals surface area contributed by atoms with Crippen LogP contribution >= 0.6 is 11.6 Å². The molecule has 2 N–H and O–H groups in total. The highest BCUT2D eigenvalue weighted by atomic mass is 35.5. The third kappa shape index (κ3) is 1.96. The van der Waals surface area contributed by atoms with E-state index in [0.717, 1.165) is 22.6 Å². The molecule has 2 rings (SSSR count). The van der Waals surface area contributed by atoms with Gasteiger partial charge in [0.05, 0.1) is 12.8 Å². The van der Waals surface area contributed by atoms with Crippen LogP contribution in [0.15, 0.2) is 18.2 Å². The van der Waals surface area contributed by atoms with Gasteiger partial charge in [-0.2, -0.15) is 0 Å². The van der Waals surface area contributed by atoms with Crippen molar-refractivity contribution in [3.63, 3.8) is 0 Å². The van der Waals surface area contributed by atoms with Crippen LogP contribution in [0.2, 0.25) is 5.15 Å². The number of nitrogens with two attached hydrogens (primary N) is 1. The molecule has 0 spiro atoms. The number of aryl methyl sites for hydroxylation is 1. The van der Waals surface area contributed by atoms with Crippen LogP contribution in [0.4, 0.5) is 5.95 Å². The highest BCUT2D eigenvalue weighted by Gasteiger charge is 2.13. The molecule has 0 unspecified atom stereocenters. The van der Waals surface area contributed by atoms with Crippen molar-refractivity contribution in [2.45, 2.75) is 6.92 Å².